The van der Waals surface area contributed by atoms with E-state index < -0.39 is 9.84 Å². The van der Waals surface area contributed by atoms with Gasteiger partial charge in [-0.2, -0.15) is 0 Å². The van der Waals surface area contributed by atoms with Gasteiger partial charge in [0.25, 0.3) is 0 Å². The summed E-state index contributed by atoms with van der Waals surface area (Å²) in [6.07, 6.45) is 0.801. The lowest BCUT2D eigenvalue weighted by atomic mass is 9.99. The number of ether oxygens (including phenoxy) is 2. The van der Waals surface area contributed by atoms with Gasteiger partial charge in [0.1, 0.15) is 23.0 Å². The standard InChI is InChI=1S/C46H34O6S/c1-32-7-11-35(12-8-32)45(47)37-15-19-39(20-16-37)51-41-23-27-43(28-24-41)53(49,50)44-29-25-42(26-30-44)52-40-21-17-38(18-22-40)46(48)36-13-9-34(10-14-36)31-33-5-3-2-4-6-33/h2-30H,31H2,1H3. The number of benzene rings is 7. The summed E-state index contributed by atoms with van der Waals surface area (Å²) in [5.74, 6) is 1.77. The van der Waals surface area contributed by atoms with Crippen molar-refractivity contribution in [3.8, 4) is 23.0 Å². The van der Waals surface area contributed by atoms with Gasteiger partial charge in [0.15, 0.2) is 11.6 Å². The average Bonchev–Trinajstić information content (AvgIpc) is 3.19. The minimum Gasteiger partial charge on any atom is -0.457 e. The molecule has 0 saturated heterocycles. The van der Waals surface area contributed by atoms with Crippen LogP contribution in [0.15, 0.2) is 186 Å². The normalized spacial score (nSPS) is 11.1. The van der Waals surface area contributed by atoms with E-state index in [9.17, 15) is 18.0 Å². The first kappa shape index (κ1) is 34.9. The van der Waals surface area contributed by atoms with Crippen LogP contribution < -0.4 is 9.47 Å². The lowest BCUT2D eigenvalue weighted by Gasteiger charge is -2.10. The summed E-state index contributed by atoms with van der Waals surface area (Å²) in [7, 11) is -3.81. The molecule has 7 heteroatoms. The first-order valence-electron chi connectivity index (χ1n) is 17.0. The maximum atomic E-state index is 13.4. The summed E-state index contributed by atoms with van der Waals surface area (Å²) in [5.41, 5.74) is 5.72. The van der Waals surface area contributed by atoms with Gasteiger partial charge in [-0.3, -0.25) is 9.59 Å². The highest BCUT2D eigenvalue weighted by Crippen LogP contribution is 2.29. The van der Waals surface area contributed by atoms with Crippen molar-refractivity contribution in [3.63, 3.8) is 0 Å². The van der Waals surface area contributed by atoms with Crippen LogP contribution in [0.5, 0.6) is 23.0 Å². The monoisotopic (exact) mass is 714 g/mol. The van der Waals surface area contributed by atoms with Crippen molar-refractivity contribution in [2.75, 3.05) is 0 Å². The van der Waals surface area contributed by atoms with Crippen LogP contribution in [-0.4, -0.2) is 20.0 Å². The Morgan fingerprint density at radius 3 is 1.13 bits per heavy atom. The first-order valence-corrected chi connectivity index (χ1v) is 18.5. The summed E-state index contributed by atoms with van der Waals surface area (Å²) in [6.45, 7) is 1.97. The van der Waals surface area contributed by atoms with Crippen LogP contribution in [0, 0.1) is 6.92 Å². The topological polar surface area (TPSA) is 86.7 Å². The lowest BCUT2D eigenvalue weighted by Crippen LogP contribution is -2.02. The molecule has 0 atom stereocenters. The molecule has 0 fully saturated rings. The highest BCUT2D eigenvalue weighted by atomic mass is 32.2. The summed E-state index contributed by atoms with van der Waals surface area (Å²) in [4.78, 5) is 26.1. The van der Waals surface area contributed by atoms with Crippen LogP contribution in [-0.2, 0) is 16.3 Å². The molecule has 0 aliphatic rings. The molecule has 0 bridgehead atoms. The van der Waals surface area contributed by atoms with Crippen molar-refractivity contribution in [1.82, 2.24) is 0 Å². The number of ketones is 2. The smallest absolute Gasteiger partial charge is 0.206 e. The molecule has 0 amide bonds. The van der Waals surface area contributed by atoms with E-state index in [-0.39, 0.29) is 21.4 Å². The molecule has 0 aromatic heterocycles. The Bertz CT molecular complexity index is 2450. The van der Waals surface area contributed by atoms with Crippen LogP contribution in [0.1, 0.15) is 48.5 Å². The molecule has 0 saturated carbocycles. The number of aryl methyl sites for hydroxylation is 1. The van der Waals surface area contributed by atoms with E-state index in [1.54, 1.807) is 84.9 Å². The first-order chi connectivity index (χ1) is 25.7. The van der Waals surface area contributed by atoms with Gasteiger partial charge in [0.2, 0.25) is 9.84 Å². The Hall–Kier alpha value is -6.57. The van der Waals surface area contributed by atoms with Crippen LogP contribution >= 0.6 is 0 Å². The minimum atomic E-state index is -3.81. The third-order valence-electron chi connectivity index (χ3n) is 8.75. The summed E-state index contributed by atoms with van der Waals surface area (Å²) < 4.78 is 38.6. The van der Waals surface area contributed by atoms with E-state index in [1.807, 2.05) is 61.5 Å². The zero-order valence-electron chi connectivity index (χ0n) is 28.8. The van der Waals surface area contributed by atoms with Crippen molar-refractivity contribution in [2.24, 2.45) is 0 Å². The number of sulfone groups is 1. The van der Waals surface area contributed by atoms with Crippen molar-refractivity contribution in [2.45, 2.75) is 23.1 Å². The molecule has 53 heavy (non-hydrogen) atoms. The molecular formula is C46H34O6S. The fourth-order valence-corrected chi connectivity index (χ4v) is 7.04. The number of carbonyl (C=O) groups excluding carboxylic acids is 2. The summed E-state index contributed by atoms with van der Waals surface area (Å²) >= 11 is 0. The van der Waals surface area contributed by atoms with E-state index in [2.05, 4.69) is 12.1 Å². The van der Waals surface area contributed by atoms with Gasteiger partial charge >= 0.3 is 0 Å². The molecule has 0 aliphatic heterocycles. The van der Waals surface area contributed by atoms with Gasteiger partial charge < -0.3 is 9.47 Å². The van der Waals surface area contributed by atoms with Gasteiger partial charge in [-0.1, -0.05) is 84.4 Å². The quantitative estimate of drug-likeness (QED) is 0.117. The van der Waals surface area contributed by atoms with Gasteiger partial charge in [0.05, 0.1) is 9.79 Å². The summed E-state index contributed by atoms with van der Waals surface area (Å²) in [5, 5.41) is 0. The molecule has 7 aromatic rings. The largest absolute Gasteiger partial charge is 0.457 e. The van der Waals surface area contributed by atoms with Gasteiger partial charge in [0, 0.05) is 22.3 Å². The predicted octanol–water partition coefficient (Wildman–Crippen LogP) is 10.5. The van der Waals surface area contributed by atoms with E-state index >= 15 is 0 Å². The highest BCUT2D eigenvalue weighted by molar-refractivity contribution is 7.91. The Balaban J connectivity index is 0.940. The van der Waals surface area contributed by atoms with Gasteiger partial charge in [-0.05, 0) is 122 Å². The third-order valence-corrected chi connectivity index (χ3v) is 10.5. The van der Waals surface area contributed by atoms with Crippen molar-refractivity contribution >= 4 is 21.4 Å². The Labute approximate surface area is 308 Å². The Morgan fingerprint density at radius 2 is 0.736 bits per heavy atom. The fourth-order valence-electron chi connectivity index (χ4n) is 5.77. The predicted molar refractivity (Wildman–Crippen MR) is 205 cm³/mol. The number of carbonyl (C=O) groups is 2. The molecule has 0 aliphatic carbocycles. The molecule has 7 rings (SSSR count). The Morgan fingerprint density at radius 1 is 0.415 bits per heavy atom. The second-order valence-electron chi connectivity index (χ2n) is 12.6. The van der Waals surface area contributed by atoms with Gasteiger partial charge in [-0.15, -0.1) is 0 Å². The number of rotatable bonds is 12. The molecule has 6 nitrogen and oxygen atoms in total. The molecule has 0 heterocycles. The molecule has 260 valence electrons. The maximum Gasteiger partial charge on any atom is 0.206 e. The minimum absolute atomic E-state index is 0.0785. The van der Waals surface area contributed by atoms with E-state index in [4.69, 9.17) is 9.47 Å². The molecule has 0 unspecified atom stereocenters. The van der Waals surface area contributed by atoms with Crippen LogP contribution in [0.4, 0.5) is 0 Å². The molecular weight excluding hydrogens is 681 g/mol. The third kappa shape index (κ3) is 8.33. The van der Waals surface area contributed by atoms with Crippen LogP contribution in [0.2, 0.25) is 0 Å². The second kappa shape index (κ2) is 15.4. The van der Waals surface area contributed by atoms with E-state index in [1.165, 1.54) is 29.8 Å². The maximum absolute atomic E-state index is 13.4. The number of hydrogen-bond acceptors (Lipinski definition) is 6. The SMILES string of the molecule is Cc1ccc(C(=O)c2ccc(Oc3ccc(S(=O)(=O)c4ccc(Oc5ccc(C(=O)c6ccc(Cc7ccccc7)cc6)cc5)cc4)cc3)cc2)cc1. The van der Waals surface area contributed by atoms with Crippen molar-refractivity contribution in [1.29, 1.82) is 0 Å². The molecule has 0 N–H and O–H groups in total. The van der Waals surface area contributed by atoms with E-state index in [0.29, 0.717) is 45.3 Å². The van der Waals surface area contributed by atoms with Crippen molar-refractivity contribution in [3.05, 3.63) is 215 Å². The van der Waals surface area contributed by atoms with Crippen molar-refractivity contribution < 1.29 is 27.5 Å². The van der Waals surface area contributed by atoms with Crippen LogP contribution in [0.25, 0.3) is 0 Å². The van der Waals surface area contributed by atoms with Gasteiger partial charge in [-0.25, -0.2) is 8.42 Å². The summed E-state index contributed by atoms with van der Waals surface area (Å²) in [6, 6.07) is 51.2. The second-order valence-corrected chi connectivity index (χ2v) is 14.5. The van der Waals surface area contributed by atoms with Crippen LogP contribution in [0.3, 0.4) is 0 Å². The van der Waals surface area contributed by atoms with E-state index in [0.717, 1.165) is 17.5 Å². The average molecular weight is 715 g/mol. The zero-order chi connectivity index (χ0) is 36.8. The molecule has 0 spiro atoms. The number of hydrogen-bond donors (Lipinski definition) is 0. The zero-order valence-corrected chi connectivity index (χ0v) is 29.6. The fraction of sp³-hybridized carbons (Fsp3) is 0.0435. The molecule has 0 radical (unpaired) electrons. The highest BCUT2D eigenvalue weighted by Gasteiger charge is 2.18. The molecule has 7 aromatic carbocycles. The Kier molecular flexibility index (Phi) is 10.1. The lowest BCUT2D eigenvalue weighted by molar-refractivity contribution is 0.103.